The van der Waals surface area contributed by atoms with Crippen LogP contribution in [0, 0.1) is 5.82 Å². The first-order valence-corrected chi connectivity index (χ1v) is 8.76. The molecular formula is C16H12FN3O5S. The molecule has 0 saturated carbocycles. The van der Waals surface area contributed by atoms with Crippen molar-refractivity contribution in [2.45, 2.75) is 11.5 Å². The molecule has 26 heavy (non-hydrogen) atoms. The van der Waals surface area contributed by atoms with Crippen LogP contribution in [0.1, 0.15) is 16.2 Å². The van der Waals surface area contributed by atoms with Gasteiger partial charge in [0.1, 0.15) is 5.82 Å². The molecule has 0 bridgehead atoms. The fourth-order valence-electron chi connectivity index (χ4n) is 2.02. The zero-order chi connectivity index (χ0) is 18.7. The summed E-state index contributed by atoms with van der Waals surface area (Å²) in [6, 6.07) is 10.4. The van der Waals surface area contributed by atoms with Gasteiger partial charge in [-0.3, -0.25) is 0 Å². The van der Waals surface area contributed by atoms with Crippen molar-refractivity contribution in [3.63, 3.8) is 0 Å². The third kappa shape index (κ3) is 4.10. The second-order valence-corrected chi connectivity index (χ2v) is 6.73. The highest BCUT2D eigenvalue weighted by atomic mass is 32.2. The molecule has 0 saturated heterocycles. The van der Waals surface area contributed by atoms with E-state index >= 15 is 0 Å². The molecule has 0 unspecified atom stereocenters. The quantitative estimate of drug-likeness (QED) is 0.673. The van der Waals surface area contributed by atoms with Gasteiger partial charge >= 0.3 is 5.97 Å². The summed E-state index contributed by atoms with van der Waals surface area (Å²) >= 11 is 0. The number of halogens is 1. The monoisotopic (exact) mass is 377 g/mol. The minimum Gasteiger partial charge on any atom is -0.454 e. The third-order valence-electron chi connectivity index (χ3n) is 3.31. The third-order valence-corrected chi connectivity index (χ3v) is 4.24. The number of ether oxygens (including phenoxy) is 1. The summed E-state index contributed by atoms with van der Waals surface area (Å²) in [4.78, 5) is 15.9. The van der Waals surface area contributed by atoms with Gasteiger partial charge in [0.05, 0.1) is 10.5 Å². The Kier molecular flexibility index (Phi) is 4.78. The van der Waals surface area contributed by atoms with E-state index < -0.39 is 21.8 Å². The fourth-order valence-corrected chi connectivity index (χ4v) is 2.53. The van der Waals surface area contributed by atoms with Crippen molar-refractivity contribution in [1.29, 1.82) is 0 Å². The van der Waals surface area contributed by atoms with E-state index in [0.717, 1.165) is 0 Å². The number of esters is 1. The van der Waals surface area contributed by atoms with Crippen LogP contribution < -0.4 is 5.14 Å². The van der Waals surface area contributed by atoms with Crippen molar-refractivity contribution < 1.29 is 26.9 Å². The standard InChI is InChI=1S/C16H12FN3O5S/c17-12-5-1-10(2-6-12)15-19-14(20-25-15)9-24-16(21)11-3-7-13(8-4-11)26(18,22)23/h1-8H,9H2,(H2,18,22,23). The molecule has 3 aromatic rings. The van der Waals surface area contributed by atoms with Crippen molar-refractivity contribution in [3.8, 4) is 11.5 Å². The predicted molar refractivity (Wildman–Crippen MR) is 86.6 cm³/mol. The molecule has 8 nitrogen and oxygen atoms in total. The maximum atomic E-state index is 12.9. The summed E-state index contributed by atoms with van der Waals surface area (Å²) in [5.74, 6) is -0.803. The predicted octanol–water partition coefficient (Wildman–Crippen LogP) is 1.88. The molecule has 1 aromatic heterocycles. The van der Waals surface area contributed by atoms with Crippen LogP contribution in [0.25, 0.3) is 11.5 Å². The maximum absolute atomic E-state index is 12.9. The largest absolute Gasteiger partial charge is 0.454 e. The molecule has 3 rings (SSSR count). The van der Waals surface area contributed by atoms with Crippen molar-refractivity contribution in [1.82, 2.24) is 10.1 Å². The summed E-state index contributed by atoms with van der Waals surface area (Å²) in [5, 5.41) is 8.66. The van der Waals surface area contributed by atoms with Gasteiger partial charge in [0.25, 0.3) is 5.89 Å². The van der Waals surface area contributed by atoms with Crippen LogP contribution in [0.5, 0.6) is 0 Å². The van der Waals surface area contributed by atoms with E-state index in [1.807, 2.05) is 0 Å². The van der Waals surface area contributed by atoms with Gasteiger partial charge < -0.3 is 9.26 Å². The molecule has 0 aliphatic heterocycles. The lowest BCUT2D eigenvalue weighted by atomic mass is 10.2. The topological polar surface area (TPSA) is 125 Å². The number of carbonyl (C=O) groups is 1. The van der Waals surface area contributed by atoms with E-state index in [4.69, 9.17) is 14.4 Å². The minimum atomic E-state index is -3.83. The molecule has 0 aliphatic carbocycles. The maximum Gasteiger partial charge on any atom is 0.338 e. The van der Waals surface area contributed by atoms with Gasteiger partial charge in [-0.05, 0) is 48.5 Å². The number of sulfonamides is 1. The van der Waals surface area contributed by atoms with Crippen LogP contribution in [0.15, 0.2) is 57.9 Å². The van der Waals surface area contributed by atoms with Crippen LogP contribution >= 0.6 is 0 Å². The van der Waals surface area contributed by atoms with E-state index in [-0.39, 0.29) is 28.8 Å². The van der Waals surface area contributed by atoms with E-state index in [2.05, 4.69) is 10.1 Å². The van der Waals surface area contributed by atoms with Crippen molar-refractivity contribution in [2.75, 3.05) is 0 Å². The van der Waals surface area contributed by atoms with Gasteiger partial charge in [-0.25, -0.2) is 22.7 Å². The van der Waals surface area contributed by atoms with Gasteiger partial charge in [0, 0.05) is 5.56 Å². The second kappa shape index (κ2) is 7.02. The SMILES string of the molecule is NS(=O)(=O)c1ccc(C(=O)OCc2noc(-c3ccc(F)cc3)n2)cc1. The molecule has 2 N–H and O–H groups in total. The lowest BCUT2D eigenvalue weighted by Crippen LogP contribution is -2.12. The Morgan fingerprint density at radius 2 is 1.77 bits per heavy atom. The molecule has 0 fully saturated rings. The van der Waals surface area contributed by atoms with Gasteiger partial charge in [0.15, 0.2) is 6.61 Å². The zero-order valence-corrected chi connectivity index (χ0v) is 13.9. The van der Waals surface area contributed by atoms with Crippen LogP contribution in [-0.2, 0) is 21.4 Å². The second-order valence-electron chi connectivity index (χ2n) is 5.17. The normalized spacial score (nSPS) is 11.3. The smallest absolute Gasteiger partial charge is 0.338 e. The molecule has 134 valence electrons. The Bertz CT molecular complexity index is 1030. The molecular weight excluding hydrogens is 365 g/mol. The number of rotatable bonds is 5. The van der Waals surface area contributed by atoms with Crippen LogP contribution in [0.4, 0.5) is 4.39 Å². The minimum absolute atomic E-state index is 0.115. The highest BCUT2D eigenvalue weighted by Crippen LogP contribution is 2.18. The highest BCUT2D eigenvalue weighted by Gasteiger charge is 2.14. The number of hydrogen-bond donors (Lipinski definition) is 1. The fraction of sp³-hybridized carbons (Fsp3) is 0.0625. The van der Waals surface area contributed by atoms with Crippen LogP contribution in [0.3, 0.4) is 0 Å². The van der Waals surface area contributed by atoms with E-state index in [9.17, 15) is 17.6 Å². The number of aromatic nitrogens is 2. The summed E-state index contributed by atoms with van der Waals surface area (Å²) in [6.07, 6.45) is 0. The molecule has 0 atom stereocenters. The van der Waals surface area contributed by atoms with Crippen molar-refractivity contribution in [3.05, 3.63) is 65.7 Å². The molecule has 0 amide bonds. The van der Waals surface area contributed by atoms with Crippen molar-refractivity contribution in [2.24, 2.45) is 5.14 Å². The summed E-state index contributed by atoms with van der Waals surface area (Å²) in [7, 11) is -3.83. The van der Waals surface area contributed by atoms with Crippen LogP contribution in [0.2, 0.25) is 0 Å². The number of primary sulfonamides is 1. The molecule has 10 heteroatoms. The van der Waals surface area contributed by atoms with Gasteiger partial charge in [0.2, 0.25) is 15.8 Å². The Morgan fingerprint density at radius 3 is 2.38 bits per heavy atom. The van der Waals surface area contributed by atoms with E-state index in [0.29, 0.717) is 5.56 Å². The van der Waals surface area contributed by atoms with Gasteiger partial charge in [-0.1, -0.05) is 5.16 Å². The molecule has 2 aromatic carbocycles. The van der Waals surface area contributed by atoms with Crippen molar-refractivity contribution >= 4 is 16.0 Å². The summed E-state index contributed by atoms with van der Waals surface area (Å²) < 4.78 is 45.3. The Morgan fingerprint density at radius 1 is 1.12 bits per heavy atom. The van der Waals surface area contributed by atoms with E-state index in [1.165, 1.54) is 48.5 Å². The van der Waals surface area contributed by atoms with Gasteiger partial charge in [-0.2, -0.15) is 4.98 Å². The molecule has 0 spiro atoms. The zero-order valence-electron chi connectivity index (χ0n) is 13.1. The number of hydrogen-bond acceptors (Lipinski definition) is 7. The first-order chi connectivity index (χ1) is 12.3. The number of nitrogens with zero attached hydrogens (tertiary/aromatic N) is 2. The number of benzene rings is 2. The molecule has 0 radical (unpaired) electrons. The highest BCUT2D eigenvalue weighted by molar-refractivity contribution is 7.89. The Balaban J connectivity index is 1.64. The average Bonchev–Trinajstić information content (AvgIpc) is 3.08. The lowest BCUT2D eigenvalue weighted by Gasteiger charge is -2.03. The van der Waals surface area contributed by atoms with Crippen LogP contribution in [-0.4, -0.2) is 24.5 Å². The number of carbonyl (C=O) groups excluding carboxylic acids is 1. The lowest BCUT2D eigenvalue weighted by molar-refractivity contribution is 0.0459. The summed E-state index contributed by atoms with van der Waals surface area (Å²) in [5.41, 5.74) is 0.662. The average molecular weight is 377 g/mol. The first-order valence-electron chi connectivity index (χ1n) is 7.21. The van der Waals surface area contributed by atoms with E-state index in [1.54, 1.807) is 0 Å². The Hall–Kier alpha value is -3.11. The summed E-state index contributed by atoms with van der Waals surface area (Å²) in [6.45, 7) is -0.250. The first kappa shape index (κ1) is 17.7. The van der Waals surface area contributed by atoms with Gasteiger partial charge in [-0.15, -0.1) is 0 Å². The number of nitrogens with two attached hydrogens (primary N) is 1. The molecule has 0 aliphatic rings. The molecule has 1 heterocycles. The Labute approximate surface area is 147 Å².